The average Bonchev–Trinajstić information content (AvgIpc) is 3.22. The number of aromatic nitrogens is 2. The highest BCUT2D eigenvalue weighted by Gasteiger charge is 2.17. The monoisotopic (exact) mass is 439 g/mol. The number of imidazole rings is 1. The van der Waals surface area contributed by atoms with Crippen molar-refractivity contribution in [1.82, 2.24) is 9.38 Å². The van der Waals surface area contributed by atoms with Gasteiger partial charge in [-0.3, -0.25) is 4.40 Å². The second-order valence-electron chi connectivity index (χ2n) is 7.50. The fourth-order valence-corrected chi connectivity index (χ4v) is 3.87. The third-order valence-electron chi connectivity index (χ3n) is 5.25. The lowest BCUT2D eigenvalue weighted by atomic mass is 10.1. The lowest BCUT2D eigenvalue weighted by Gasteiger charge is -2.10. The van der Waals surface area contributed by atoms with Crippen molar-refractivity contribution in [2.24, 2.45) is 0 Å². The van der Waals surface area contributed by atoms with Crippen LogP contribution >= 0.6 is 11.6 Å². The predicted octanol–water partition coefficient (Wildman–Crippen LogP) is 6.85. The Hall–Kier alpha value is -3.76. The third-order valence-corrected chi connectivity index (χ3v) is 5.49. The summed E-state index contributed by atoms with van der Waals surface area (Å²) in [4.78, 5) is 4.97. The van der Waals surface area contributed by atoms with E-state index in [4.69, 9.17) is 21.3 Å². The van der Waals surface area contributed by atoms with E-state index in [-0.39, 0.29) is 0 Å². The number of halogens is 1. The molecule has 0 spiro atoms. The van der Waals surface area contributed by atoms with Crippen LogP contribution < -0.4 is 10.1 Å². The van der Waals surface area contributed by atoms with Crippen LogP contribution in [0.25, 0.3) is 16.9 Å². The van der Waals surface area contributed by atoms with Crippen LogP contribution in [0.1, 0.15) is 11.1 Å². The molecule has 0 amide bonds. The van der Waals surface area contributed by atoms with Gasteiger partial charge in [0.2, 0.25) is 0 Å². The summed E-state index contributed by atoms with van der Waals surface area (Å²) < 4.78 is 8.20. The topological polar surface area (TPSA) is 38.6 Å². The van der Waals surface area contributed by atoms with E-state index in [1.54, 1.807) is 0 Å². The highest BCUT2D eigenvalue weighted by molar-refractivity contribution is 6.30. The number of anilines is 1. The average molecular weight is 440 g/mol. The quantitative estimate of drug-likeness (QED) is 0.301. The molecule has 1 N–H and O–H groups in total. The Morgan fingerprint density at radius 2 is 1.56 bits per heavy atom. The van der Waals surface area contributed by atoms with E-state index < -0.39 is 0 Å². The summed E-state index contributed by atoms with van der Waals surface area (Å²) in [6.07, 6.45) is 2.00. The van der Waals surface area contributed by atoms with Gasteiger partial charge in [0.1, 0.15) is 18.1 Å². The van der Waals surface area contributed by atoms with Gasteiger partial charge in [-0.25, -0.2) is 4.98 Å². The van der Waals surface area contributed by atoms with Gasteiger partial charge < -0.3 is 10.1 Å². The van der Waals surface area contributed by atoms with Crippen molar-refractivity contribution >= 4 is 23.1 Å². The van der Waals surface area contributed by atoms with Crippen LogP contribution in [-0.2, 0) is 13.2 Å². The number of rotatable bonds is 7. The maximum absolute atomic E-state index is 6.29. The highest BCUT2D eigenvalue weighted by Crippen LogP contribution is 2.34. The second-order valence-corrected chi connectivity index (χ2v) is 7.94. The lowest BCUT2D eigenvalue weighted by Crippen LogP contribution is -2.04. The largest absolute Gasteiger partial charge is 0.485 e. The van der Waals surface area contributed by atoms with Crippen LogP contribution in [0.3, 0.4) is 0 Å². The molecule has 0 saturated carbocycles. The van der Waals surface area contributed by atoms with E-state index in [0.717, 1.165) is 34.0 Å². The number of pyridine rings is 1. The van der Waals surface area contributed by atoms with Crippen LogP contribution in [0.15, 0.2) is 103 Å². The Kier molecular flexibility index (Phi) is 5.77. The normalized spacial score (nSPS) is 10.9. The molecule has 5 rings (SSSR count). The number of hydrogen-bond donors (Lipinski definition) is 1. The Morgan fingerprint density at radius 3 is 2.31 bits per heavy atom. The van der Waals surface area contributed by atoms with Crippen LogP contribution in [-0.4, -0.2) is 9.38 Å². The first kappa shape index (κ1) is 20.2. The summed E-state index contributed by atoms with van der Waals surface area (Å²) in [6, 6.07) is 32.1. The third kappa shape index (κ3) is 4.32. The Bertz CT molecular complexity index is 1330. The number of nitrogens with one attached hydrogen (secondary N) is 1. The molecule has 4 nitrogen and oxygen atoms in total. The van der Waals surface area contributed by atoms with Crippen molar-refractivity contribution in [2.45, 2.75) is 13.2 Å². The van der Waals surface area contributed by atoms with E-state index in [9.17, 15) is 0 Å². The summed E-state index contributed by atoms with van der Waals surface area (Å²) in [5.41, 5.74) is 4.84. The summed E-state index contributed by atoms with van der Waals surface area (Å²) >= 11 is 6.29. The van der Waals surface area contributed by atoms with Gasteiger partial charge in [0.05, 0.1) is 0 Å². The van der Waals surface area contributed by atoms with E-state index in [1.165, 1.54) is 5.56 Å². The molecule has 0 atom stereocenters. The lowest BCUT2D eigenvalue weighted by molar-refractivity contribution is 0.308. The Morgan fingerprint density at radius 1 is 0.812 bits per heavy atom. The Balaban J connectivity index is 1.55. The van der Waals surface area contributed by atoms with Crippen LogP contribution in [0, 0.1) is 0 Å². The zero-order valence-corrected chi connectivity index (χ0v) is 18.2. The molecule has 158 valence electrons. The molecule has 5 heteroatoms. The molecule has 0 aliphatic heterocycles. The number of nitrogens with zero attached hydrogens (tertiary/aromatic N) is 2. The predicted molar refractivity (Wildman–Crippen MR) is 130 cm³/mol. The molecule has 2 heterocycles. The van der Waals surface area contributed by atoms with E-state index in [1.807, 2.05) is 83.4 Å². The van der Waals surface area contributed by atoms with Crippen molar-refractivity contribution in [3.05, 3.63) is 119 Å². The molecule has 0 unspecified atom stereocenters. The highest BCUT2D eigenvalue weighted by atomic mass is 35.5. The second kappa shape index (κ2) is 9.16. The van der Waals surface area contributed by atoms with Gasteiger partial charge in [-0.05, 0) is 35.4 Å². The van der Waals surface area contributed by atoms with Gasteiger partial charge in [0.25, 0.3) is 0 Å². The van der Waals surface area contributed by atoms with E-state index in [0.29, 0.717) is 18.2 Å². The molecular weight excluding hydrogens is 418 g/mol. The van der Waals surface area contributed by atoms with Crippen molar-refractivity contribution in [1.29, 1.82) is 0 Å². The fourth-order valence-electron chi connectivity index (χ4n) is 3.68. The first-order chi connectivity index (χ1) is 15.8. The number of hydrogen-bond acceptors (Lipinski definition) is 3. The van der Waals surface area contributed by atoms with Gasteiger partial charge in [0, 0.05) is 23.3 Å². The van der Waals surface area contributed by atoms with Crippen LogP contribution in [0.5, 0.6) is 5.75 Å². The van der Waals surface area contributed by atoms with Gasteiger partial charge in [0.15, 0.2) is 11.4 Å². The molecule has 2 aromatic heterocycles. The minimum Gasteiger partial charge on any atom is -0.485 e. The Labute approximate surface area is 192 Å². The zero-order valence-electron chi connectivity index (χ0n) is 17.4. The van der Waals surface area contributed by atoms with Crippen LogP contribution in [0.4, 0.5) is 5.82 Å². The molecule has 5 aromatic rings. The number of benzene rings is 3. The molecule has 0 bridgehead atoms. The first-order valence-electron chi connectivity index (χ1n) is 10.5. The van der Waals surface area contributed by atoms with Gasteiger partial charge in [-0.2, -0.15) is 0 Å². The minimum atomic E-state index is 0.479. The molecular formula is C27H22ClN3O. The first-order valence-corrected chi connectivity index (χ1v) is 10.9. The van der Waals surface area contributed by atoms with Crippen molar-refractivity contribution < 1.29 is 4.74 Å². The summed E-state index contributed by atoms with van der Waals surface area (Å²) in [5.74, 6) is 1.63. The maximum atomic E-state index is 6.29. The molecule has 0 aliphatic rings. The van der Waals surface area contributed by atoms with Crippen molar-refractivity contribution in [3.8, 4) is 17.0 Å². The number of ether oxygens (including phenoxy) is 1. The smallest absolute Gasteiger partial charge is 0.181 e. The summed E-state index contributed by atoms with van der Waals surface area (Å²) in [6.45, 7) is 1.16. The van der Waals surface area contributed by atoms with Gasteiger partial charge >= 0.3 is 0 Å². The molecule has 0 aliphatic carbocycles. The zero-order chi connectivity index (χ0) is 21.8. The van der Waals surface area contributed by atoms with Gasteiger partial charge in [-0.15, -0.1) is 0 Å². The summed E-state index contributed by atoms with van der Waals surface area (Å²) in [5, 5.41) is 4.25. The molecule has 0 fully saturated rings. The molecule has 3 aromatic carbocycles. The standard InChI is InChI=1S/C27H22ClN3O/c28-23-14-7-13-22(17-23)25-27(29-18-20-9-3-1-4-10-20)31-16-8-15-24(26(31)30-25)32-19-21-11-5-2-6-12-21/h1-17,29H,18-19H2. The maximum Gasteiger partial charge on any atom is 0.181 e. The van der Waals surface area contributed by atoms with Crippen molar-refractivity contribution in [2.75, 3.05) is 5.32 Å². The van der Waals surface area contributed by atoms with Crippen LogP contribution in [0.2, 0.25) is 5.02 Å². The minimum absolute atomic E-state index is 0.479. The fraction of sp³-hybridized carbons (Fsp3) is 0.0741. The molecule has 0 saturated heterocycles. The van der Waals surface area contributed by atoms with E-state index >= 15 is 0 Å². The molecule has 32 heavy (non-hydrogen) atoms. The summed E-state index contributed by atoms with van der Waals surface area (Å²) in [7, 11) is 0. The SMILES string of the molecule is Clc1cccc(-c2nc3c(OCc4ccccc4)cccn3c2NCc2ccccc2)c1. The van der Waals surface area contributed by atoms with Crippen molar-refractivity contribution in [3.63, 3.8) is 0 Å². The number of fused-ring (bicyclic) bond motifs is 1. The van der Waals surface area contributed by atoms with E-state index in [2.05, 4.69) is 29.6 Å². The van der Waals surface area contributed by atoms with Gasteiger partial charge in [-0.1, -0.05) is 84.4 Å². The molecule has 0 radical (unpaired) electrons.